The van der Waals surface area contributed by atoms with E-state index >= 15 is 0 Å². The number of hydrogen-bond donors (Lipinski definition) is 3. The van der Waals surface area contributed by atoms with Gasteiger partial charge in [-0.05, 0) is 13.0 Å². The van der Waals surface area contributed by atoms with Crippen molar-refractivity contribution in [3.05, 3.63) is 12.7 Å². The SMILES string of the molecule is C=CC(=O)N[C@]1(C)C[S+](=O)(O)C[C@@H]1S(=O)(=O)O. The molecule has 1 aliphatic rings. The lowest BCUT2D eigenvalue weighted by Crippen LogP contribution is -2.56. The summed E-state index contributed by atoms with van der Waals surface area (Å²) in [6, 6.07) is 0. The third kappa shape index (κ3) is 3.12. The first-order chi connectivity index (χ1) is 7.50. The molecule has 9 heteroatoms. The molecule has 0 aromatic heterocycles. The summed E-state index contributed by atoms with van der Waals surface area (Å²) >= 11 is 0. The Hall–Kier alpha value is -0.770. The van der Waals surface area contributed by atoms with E-state index in [-0.39, 0.29) is 0 Å². The lowest BCUT2D eigenvalue weighted by molar-refractivity contribution is -0.117. The van der Waals surface area contributed by atoms with Gasteiger partial charge in [0.25, 0.3) is 10.1 Å². The molecule has 98 valence electrons. The van der Waals surface area contributed by atoms with Gasteiger partial charge < -0.3 is 5.32 Å². The maximum absolute atomic E-state index is 11.5. The summed E-state index contributed by atoms with van der Waals surface area (Å²) in [5.41, 5.74) is -1.48. The van der Waals surface area contributed by atoms with E-state index in [1.807, 2.05) is 0 Å². The predicted octanol–water partition coefficient (Wildman–Crippen LogP) is -0.710. The molecule has 0 aliphatic carbocycles. The number of nitrogens with one attached hydrogen (secondary N) is 1. The first kappa shape index (κ1) is 14.3. The van der Waals surface area contributed by atoms with Gasteiger partial charge in [0.1, 0.15) is 5.54 Å². The van der Waals surface area contributed by atoms with Crippen molar-refractivity contribution in [3.63, 3.8) is 0 Å². The highest BCUT2D eigenvalue weighted by atomic mass is 32.3. The maximum Gasteiger partial charge on any atom is 0.275 e. The fraction of sp³-hybridized carbons (Fsp3) is 0.625. The van der Waals surface area contributed by atoms with Gasteiger partial charge in [0.05, 0.1) is 0 Å². The van der Waals surface area contributed by atoms with Gasteiger partial charge in [-0.2, -0.15) is 13.0 Å². The predicted molar refractivity (Wildman–Crippen MR) is 62.5 cm³/mol. The monoisotopic (exact) mass is 284 g/mol. The second-order valence-corrected chi connectivity index (χ2v) is 7.96. The lowest BCUT2D eigenvalue weighted by atomic mass is 10.0. The van der Waals surface area contributed by atoms with Gasteiger partial charge in [-0.1, -0.05) is 10.8 Å². The van der Waals surface area contributed by atoms with E-state index in [2.05, 4.69) is 11.9 Å². The number of rotatable bonds is 3. The Morgan fingerprint density at radius 2 is 2.18 bits per heavy atom. The second kappa shape index (κ2) is 4.16. The first-order valence-corrected chi connectivity index (χ1v) is 7.99. The van der Waals surface area contributed by atoms with Crippen molar-refractivity contribution in [1.29, 1.82) is 0 Å². The quantitative estimate of drug-likeness (QED) is 0.357. The minimum absolute atomic E-state index is 0.427. The molecule has 0 spiro atoms. The average molecular weight is 284 g/mol. The Balaban J connectivity index is 3.15. The Kier molecular flexibility index (Phi) is 3.50. The number of amides is 1. The summed E-state index contributed by atoms with van der Waals surface area (Å²) < 4.78 is 52.3. The van der Waals surface area contributed by atoms with Gasteiger partial charge in [-0.3, -0.25) is 9.35 Å². The number of carbonyl (C=O) groups is 1. The summed E-state index contributed by atoms with van der Waals surface area (Å²) in [4.78, 5) is 11.2. The largest absolute Gasteiger partial charge is 0.341 e. The zero-order valence-corrected chi connectivity index (χ0v) is 10.8. The number of carbonyl (C=O) groups excluding carboxylic acids is 1. The molecule has 1 rings (SSSR count). The van der Waals surface area contributed by atoms with Crippen LogP contribution >= 0.6 is 0 Å². The van der Waals surface area contributed by atoms with Crippen LogP contribution in [0, 0.1) is 0 Å². The Labute approximate surface area is 100 Å². The Morgan fingerprint density at radius 3 is 2.59 bits per heavy atom. The standard InChI is InChI=1S/C8H13NO6S2/c1-3-7(10)9-8(2)5-16(11,12)4-6(8)17(13,14)15/h3,6H,1,4-5H2,2H3,(H2-,9,10,11,12,13,14,15)/p+1/t6-,8+/m0/s1. The summed E-state index contributed by atoms with van der Waals surface area (Å²) in [6.45, 7) is 4.50. The van der Waals surface area contributed by atoms with Gasteiger partial charge >= 0.3 is 0 Å². The van der Waals surface area contributed by atoms with Gasteiger partial charge in [0, 0.05) is 0 Å². The molecule has 0 radical (unpaired) electrons. The van der Waals surface area contributed by atoms with Gasteiger partial charge in [-0.15, -0.1) is 0 Å². The van der Waals surface area contributed by atoms with Crippen molar-refractivity contribution >= 4 is 26.2 Å². The molecule has 3 N–H and O–H groups in total. The van der Waals surface area contributed by atoms with Crippen LogP contribution in [-0.2, 0) is 29.3 Å². The molecule has 1 saturated heterocycles. The van der Waals surface area contributed by atoms with E-state index in [4.69, 9.17) is 4.55 Å². The highest BCUT2D eigenvalue weighted by molar-refractivity contribution is 7.99. The van der Waals surface area contributed by atoms with Crippen LogP contribution in [-0.4, -0.2) is 45.7 Å². The minimum atomic E-state index is -4.52. The molecule has 1 amide bonds. The Morgan fingerprint density at radius 1 is 1.65 bits per heavy atom. The van der Waals surface area contributed by atoms with Crippen LogP contribution in [0.25, 0.3) is 0 Å². The third-order valence-electron chi connectivity index (χ3n) is 2.60. The molecule has 1 unspecified atom stereocenters. The van der Waals surface area contributed by atoms with Crippen molar-refractivity contribution in [2.45, 2.75) is 17.7 Å². The van der Waals surface area contributed by atoms with E-state index in [9.17, 15) is 22.0 Å². The van der Waals surface area contributed by atoms with Crippen molar-refractivity contribution in [2.75, 3.05) is 11.5 Å². The van der Waals surface area contributed by atoms with Crippen LogP contribution in [0.1, 0.15) is 6.92 Å². The maximum atomic E-state index is 11.5. The van der Waals surface area contributed by atoms with E-state index in [1.54, 1.807) is 0 Å². The van der Waals surface area contributed by atoms with Gasteiger partial charge in [-0.25, -0.2) is 0 Å². The Bertz CT molecular complexity index is 498. The molecular formula is C8H14NO6S2+. The van der Waals surface area contributed by atoms with Gasteiger partial charge in [0.15, 0.2) is 16.8 Å². The summed E-state index contributed by atoms with van der Waals surface area (Å²) in [5.74, 6) is -1.69. The lowest BCUT2D eigenvalue weighted by Gasteiger charge is -2.25. The normalized spacial score (nSPS) is 37.7. The molecule has 0 saturated carbocycles. The molecule has 1 heterocycles. The van der Waals surface area contributed by atoms with Crippen LogP contribution in [0.2, 0.25) is 0 Å². The van der Waals surface area contributed by atoms with Crippen LogP contribution in [0.15, 0.2) is 12.7 Å². The third-order valence-corrected chi connectivity index (χ3v) is 6.12. The molecule has 0 aromatic rings. The molecule has 1 fully saturated rings. The van der Waals surface area contributed by atoms with E-state index in [1.165, 1.54) is 6.92 Å². The topological polar surface area (TPSA) is 121 Å². The van der Waals surface area contributed by atoms with Gasteiger partial charge in [0.2, 0.25) is 16.1 Å². The summed E-state index contributed by atoms with van der Waals surface area (Å²) in [7, 11) is -7.90. The smallest absolute Gasteiger partial charge is 0.275 e. The molecular weight excluding hydrogens is 270 g/mol. The molecule has 3 atom stereocenters. The van der Waals surface area contributed by atoms with Crippen LogP contribution in [0.4, 0.5) is 0 Å². The second-order valence-electron chi connectivity index (χ2n) is 4.20. The zero-order chi connectivity index (χ0) is 13.5. The number of hydrogen-bond acceptors (Lipinski definition) is 4. The summed E-state index contributed by atoms with van der Waals surface area (Å²) in [5, 5.41) is 0.779. The molecule has 1 aliphatic heterocycles. The molecule has 7 nitrogen and oxygen atoms in total. The molecule has 17 heavy (non-hydrogen) atoms. The van der Waals surface area contributed by atoms with Crippen LogP contribution < -0.4 is 5.32 Å². The zero-order valence-electron chi connectivity index (χ0n) is 9.12. The fourth-order valence-corrected chi connectivity index (χ4v) is 6.30. The first-order valence-electron chi connectivity index (χ1n) is 4.63. The van der Waals surface area contributed by atoms with Crippen molar-refractivity contribution in [3.8, 4) is 0 Å². The van der Waals surface area contributed by atoms with E-state index < -0.39 is 48.5 Å². The average Bonchev–Trinajstić information content (AvgIpc) is 2.35. The molecule has 0 aromatic carbocycles. The van der Waals surface area contributed by atoms with Crippen molar-refractivity contribution < 1.29 is 26.5 Å². The van der Waals surface area contributed by atoms with Crippen molar-refractivity contribution in [2.24, 2.45) is 0 Å². The van der Waals surface area contributed by atoms with E-state index in [0.29, 0.717) is 0 Å². The van der Waals surface area contributed by atoms with Crippen LogP contribution in [0.3, 0.4) is 0 Å². The van der Waals surface area contributed by atoms with E-state index in [0.717, 1.165) is 6.08 Å². The van der Waals surface area contributed by atoms with Crippen molar-refractivity contribution in [1.82, 2.24) is 5.32 Å². The molecule has 0 bridgehead atoms. The highest BCUT2D eigenvalue weighted by Crippen LogP contribution is 2.31. The summed E-state index contributed by atoms with van der Waals surface area (Å²) in [6.07, 6.45) is 0.920. The van der Waals surface area contributed by atoms with Crippen LogP contribution in [0.5, 0.6) is 0 Å². The minimum Gasteiger partial charge on any atom is -0.341 e. The highest BCUT2D eigenvalue weighted by Gasteiger charge is 2.60. The fourth-order valence-electron chi connectivity index (χ4n) is 1.90.